The van der Waals surface area contributed by atoms with E-state index >= 15 is 0 Å². The molecule has 0 spiro atoms. The van der Waals surface area contributed by atoms with Crippen molar-refractivity contribution in [3.05, 3.63) is 71.4 Å². The van der Waals surface area contributed by atoms with E-state index in [9.17, 15) is 19.5 Å². The molecular weight excluding hydrogens is 460 g/mol. The zero-order chi connectivity index (χ0) is 24.8. The molecule has 2 unspecified atom stereocenters. The number of carbonyl (C=O) groups is 3. The Morgan fingerprint density at radius 2 is 1.94 bits per heavy atom. The molecule has 4 heterocycles. The van der Waals surface area contributed by atoms with Crippen LogP contribution in [0.3, 0.4) is 0 Å². The second kappa shape index (κ2) is 9.00. The van der Waals surface area contributed by atoms with Gasteiger partial charge in [0.25, 0.3) is 5.91 Å². The molecule has 184 valence electrons. The zero-order valence-electron chi connectivity index (χ0n) is 19.6. The molecule has 3 amide bonds. The quantitative estimate of drug-likeness (QED) is 0.532. The molecule has 6 rings (SSSR count). The summed E-state index contributed by atoms with van der Waals surface area (Å²) in [5.41, 5.74) is 2.97. The van der Waals surface area contributed by atoms with Crippen LogP contribution in [0, 0.1) is 0 Å². The molecule has 2 fully saturated rings. The fourth-order valence-corrected chi connectivity index (χ4v) is 5.44. The standard InChI is InChI=1S/C27H26N4O5/c32-24-8-7-23(25(33)29-24)31-26(34)20-6-5-17(13-21(20)27(31)35)36-18-10-12-30(15-18)14-16-9-11-28-22-4-2-1-3-19(16)22/h1-6,9,11,13,18,23,26,34H,7-8,10,12,14-15H2,(H,29,32,33)/t18-,23?,26?/m1/s1. The van der Waals surface area contributed by atoms with Crippen LogP contribution in [0.25, 0.3) is 10.9 Å². The maximum absolute atomic E-state index is 13.1. The van der Waals surface area contributed by atoms with Gasteiger partial charge in [0.2, 0.25) is 11.8 Å². The van der Waals surface area contributed by atoms with Gasteiger partial charge in [-0.3, -0.25) is 34.5 Å². The van der Waals surface area contributed by atoms with E-state index in [0.717, 1.165) is 41.9 Å². The highest BCUT2D eigenvalue weighted by Crippen LogP contribution is 2.37. The van der Waals surface area contributed by atoms with E-state index in [2.05, 4.69) is 27.3 Å². The molecule has 0 bridgehead atoms. The number of nitrogens with zero attached hydrogens (tertiary/aromatic N) is 3. The van der Waals surface area contributed by atoms with Gasteiger partial charge in [0.15, 0.2) is 6.23 Å². The molecule has 0 radical (unpaired) electrons. The van der Waals surface area contributed by atoms with Crippen LogP contribution in [-0.2, 0) is 16.1 Å². The van der Waals surface area contributed by atoms with Crippen LogP contribution >= 0.6 is 0 Å². The van der Waals surface area contributed by atoms with Crippen molar-refractivity contribution in [3.8, 4) is 5.75 Å². The van der Waals surface area contributed by atoms with Crippen molar-refractivity contribution in [2.45, 2.75) is 44.2 Å². The first-order valence-electron chi connectivity index (χ1n) is 12.2. The molecule has 36 heavy (non-hydrogen) atoms. The van der Waals surface area contributed by atoms with Crippen molar-refractivity contribution in [2.24, 2.45) is 0 Å². The Hall–Kier alpha value is -3.82. The molecule has 0 aliphatic carbocycles. The van der Waals surface area contributed by atoms with Crippen molar-refractivity contribution in [1.82, 2.24) is 20.1 Å². The van der Waals surface area contributed by atoms with E-state index in [0.29, 0.717) is 16.9 Å². The van der Waals surface area contributed by atoms with E-state index in [1.54, 1.807) is 18.2 Å². The fraction of sp³-hybridized carbons (Fsp3) is 0.333. The number of carbonyl (C=O) groups excluding carboxylic acids is 3. The number of fused-ring (bicyclic) bond motifs is 2. The lowest BCUT2D eigenvalue weighted by Gasteiger charge is -2.31. The molecule has 9 heteroatoms. The topological polar surface area (TPSA) is 112 Å². The van der Waals surface area contributed by atoms with Gasteiger partial charge >= 0.3 is 0 Å². The van der Waals surface area contributed by atoms with Gasteiger partial charge in [-0.05, 0) is 42.7 Å². The molecule has 2 aromatic carbocycles. The van der Waals surface area contributed by atoms with Gasteiger partial charge in [0.1, 0.15) is 17.9 Å². The summed E-state index contributed by atoms with van der Waals surface area (Å²) in [6.45, 7) is 2.46. The number of rotatable bonds is 5. The number of likely N-dealkylation sites (tertiary alicyclic amines) is 1. The first-order chi connectivity index (χ1) is 17.5. The van der Waals surface area contributed by atoms with E-state index in [1.165, 1.54) is 5.56 Å². The monoisotopic (exact) mass is 486 g/mol. The summed E-state index contributed by atoms with van der Waals surface area (Å²) in [6.07, 6.45) is 1.77. The van der Waals surface area contributed by atoms with Crippen LogP contribution in [0.1, 0.15) is 47.0 Å². The van der Waals surface area contributed by atoms with Crippen LogP contribution in [0.5, 0.6) is 5.75 Å². The van der Waals surface area contributed by atoms with Gasteiger partial charge in [0, 0.05) is 43.2 Å². The number of aromatic nitrogens is 1. The highest BCUT2D eigenvalue weighted by Gasteiger charge is 2.44. The number of benzene rings is 2. The highest BCUT2D eigenvalue weighted by molar-refractivity contribution is 6.05. The molecule has 1 aromatic heterocycles. The molecule has 2 saturated heterocycles. The van der Waals surface area contributed by atoms with E-state index < -0.39 is 24.1 Å². The third-order valence-corrected chi connectivity index (χ3v) is 7.24. The van der Waals surface area contributed by atoms with Crippen molar-refractivity contribution >= 4 is 28.6 Å². The van der Waals surface area contributed by atoms with Crippen LogP contribution < -0.4 is 10.1 Å². The Morgan fingerprint density at radius 3 is 2.81 bits per heavy atom. The predicted molar refractivity (Wildman–Crippen MR) is 130 cm³/mol. The van der Waals surface area contributed by atoms with Crippen LogP contribution in [-0.4, -0.2) is 62.8 Å². The lowest BCUT2D eigenvalue weighted by atomic mass is 10.0. The number of amides is 3. The zero-order valence-corrected chi connectivity index (χ0v) is 19.6. The summed E-state index contributed by atoms with van der Waals surface area (Å²) in [7, 11) is 0. The summed E-state index contributed by atoms with van der Waals surface area (Å²) >= 11 is 0. The maximum atomic E-state index is 13.1. The molecule has 3 atom stereocenters. The molecule has 0 saturated carbocycles. The van der Waals surface area contributed by atoms with Crippen molar-refractivity contribution in [1.29, 1.82) is 0 Å². The van der Waals surface area contributed by atoms with Crippen LogP contribution in [0.15, 0.2) is 54.7 Å². The van der Waals surface area contributed by atoms with Gasteiger partial charge < -0.3 is 9.84 Å². The number of piperidine rings is 1. The van der Waals surface area contributed by atoms with E-state index in [1.807, 2.05) is 24.4 Å². The summed E-state index contributed by atoms with van der Waals surface area (Å²) in [5, 5.41) is 14.2. The van der Waals surface area contributed by atoms with Crippen molar-refractivity contribution in [2.75, 3.05) is 13.1 Å². The van der Waals surface area contributed by atoms with Crippen LogP contribution in [0.2, 0.25) is 0 Å². The number of imide groups is 1. The van der Waals surface area contributed by atoms with E-state index in [-0.39, 0.29) is 24.9 Å². The van der Waals surface area contributed by atoms with Crippen LogP contribution in [0.4, 0.5) is 0 Å². The Labute approximate surface area is 207 Å². The van der Waals surface area contributed by atoms with Gasteiger partial charge in [-0.25, -0.2) is 0 Å². The highest BCUT2D eigenvalue weighted by atomic mass is 16.5. The molecule has 9 nitrogen and oxygen atoms in total. The Kier molecular flexibility index (Phi) is 5.66. The number of aliphatic hydroxyl groups excluding tert-OH is 1. The Morgan fingerprint density at radius 1 is 1.08 bits per heavy atom. The number of ether oxygens (including phenoxy) is 1. The van der Waals surface area contributed by atoms with Gasteiger partial charge in [-0.1, -0.05) is 24.3 Å². The third-order valence-electron chi connectivity index (χ3n) is 7.24. The Bertz CT molecular complexity index is 1370. The Balaban J connectivity index is 1.13. The third kappa shape index (κ3) is 4.00. The first-order valence-corrected chi connectivity index (χ1v) is 12.2. The number of aliphatic hydroxyl groups is 1. The summed E-state index contributed by atoms with van der Waals surface area (Å²) < 4.78 is 6.23. The molecule has 2 N–H and O–H groups in total. The number of nitrogens with one attached hydrogen (secondary N) is 1. The summed E-state index contributed by atoms with van der Waals surface area (Å²) in [4.78, 5) is 44.8. The minimum Gasteiger partial charge on any atom is -0.489 e. The van der Waals surface area contributed by atoms with Gasteiger partial charge in [0.05, 0.1) is 11.1 Å². The molecule has 3 aromatic rings. The lowest BCUT2D eigenvalue weighted by Crippen LogP contribution is -2.53. The van der Waals surface area contributed by atoms with E-state index in [4.69, 9.17) is 4.74 Å². The normalized spacial score (nSPS) is 24.3. The van der Waals surface area contributed by atoms with Gasteiger partial charge in [-0.15, -0.1) is 0 Å². The minimum atomic E-state index is -1.23. The smallest absolute Gasteiger partial charge is 0.257 e. The molecule has 3 aliphatic rings. The number of pyridine rings is 1. The number of hydrogen-bond donors (Lipinski definition) is 2. The summed E-state index contributed by atoms with van der Waals surface area (Å²) in [6, 6.07) is 14.4. The predicted octanol–water partition coefficient (Wildman–Crippen LogP) is 2.14. The second-order valence-electron chi connectivity index (χ2n) is 9.55. The first kappa shape index (κ1) is 22.6. The lowest BCUT2D eigenvalue weighted by molar-refractivity contribution is -0.139. The summed E-state index contributed by atoms with van der Waals surface area (Å²) in [5.74, 6) is -0.806. The fourth-order valence-electron chi connectivity index (χ4n) is 5.44. The SMILES string of the molecule is O=C1CCC(N2C(=O)c3cc(O[C@@H]4CCN(Cc5ccnc6ccccc56)C4)ccc3C2O)C(=O)N1. The largest absolute Gasteiger partial charge is 0.489 e. The van der Waals surface area contributed by atoms with Crippen molar-refractivity contribution in [3.63, 3.8) is 0 Å². The molecule has 3 aliphatic heterocycles. The number of hydrogen-bond acceptors (Lipinski definition) is 7. The maximum Gasteiger partial charge on any atom is 0.257 e. The average molecular weight is 487 g/mol. The minimum absolute atomic E-state index is 0.0242. The second-order valence-corrected chi connectivity index (χ2v) is 9.55. The number of para-hydroxylation sites is 1. The van der Waals surface area contributed by atoms with Gasteiger partial charge in [-0.2, -0.15) is 0 Å². The average Bonchev–Trinajstić information content (AvgIpc) is 3.41. The van der Waals surface area contributed by atoms with Crippen molar-refractivity contribution < 1.29 is 24.2 Å². The molecular formula is C27H26N4O5.